The number of halogens is 2. The molecule has 2 heterocycles. The molecule has 0 radical (unpaired) electrons. The molecule has 0 amide bonds. The van der Waals surface area contributed by atoms with Crippen molar-refractivity contribution in [3.8, 4) is 22.8 Å². The predicted molar refractivity (Wildman–Crippen MR) is 96.7 cm³/mol. The number of furan rings is 1. The van der Waals surface area contributed by atoms with Gasteiger partial charge in [0.15, 0.2) is 11.5 Å². The molecule has 6 heteroatoms. The van der Waals surface area contributed by atoms with E-state index >= 15 is 0 Å². The van der Waals surface area contributed by atoms with Gasteiger partial charge >= 0.3 is 0 Å². The van der Waals surface area contributed by atoms with Crippen molar-refractivity contribution in [2.75, 3.05) is 12.1 Å². The quantitative estimate of drug-likeness (QED) is 0.603. The van der Waals surface area contributed by atoms with Gasteiger partial charge in [-0.2, -0.15) is 0 Å². The molecule has 1 N–H and O–H groups in total. The SMILES string of the molecule is Clc1cc(Br)ccc1-c1ccc(CNc2ccc3c(c2)OCO3)o1. The molecule has 3 aromatic rings. The van der Waals surface area contributed by atoms with Crippen LogP contribution in [-0.2, 0) is 6.54 Å². The van der Waals surface area contributed by atoms with Crippen molar-refractivity contribution in [2.45, 2.75) is 6.54 Å². The van der Waals surface area contributed by atoms with Gasteiger partial charge < -0.3 is 19.2 Å². The fourth-order valence-corrected chi connectivity index (χ4v) is 3.27. The Morgan fingerprint density at radius 1 is 1.00 bits per heavy atom. The van der Waals surface area contributed by atoms with Gasteiger partial charge in [-0.25, -0.2) is 0 Å². The van der Waals surface area contributed by atoms with Gasteiger partial charge in [0.1, 0.15) is 11.5 Å². The molecular formula is C18H13BrClNO3. The number of rotatable bonds is 4. The lowest BCUT2D eigenvalue weighted by Crippen LogP contribution is -1.97. The van der Waals surface area contributed by atoms with Gasteiger partial charge in [0, 0.05) is 21.8 Å². The first kappa shape index (κ1) is 15.4. The summed E-state index contributed by atoms with van der Waals surface area (Å²) in [5, 5.41) is 3.96. The van der Waals surface area contributed by atoms with E-state index in [9.17, 15) is 0 Å². The summed E-state index contributed by atoms with van der Waals surface area (Å²) in [5.74, 6) is 3.09. The Labute approximate surface area is 152 Å². The highest BCUT2D eigenvalue weighted by atomic mass is 79.9. The Kier molecular flexibility index (Phi) is 4.12. The van der Waals surface area contributed by atoms with Gasteiger partial charge in [-0.05, 0) is 42.5 Å². The summed E-state index contributed by atoms with van der Waals surface area (Å²) in [4.78, 5) is 0. The fraction of sp³-hybridized carbons (Fsp3) is 0.111. The maximum atomic E-state index is 6.27. The normalized spacial score (nSPS) is 12.4. The van der Waals surface area contributed by atoms with Crippen LogP contribution in [0.1, 0.15) is 5.76 Å². The molecule has 1 aliphatic rings. The van der Waals surface area contributed by atoms with Gasteiger partial charge in [-0.1, -0.05) is 27.5 Å². The van der Waals surface area contributed by atoms with Gasteiger partial charge in [0.25, 0.3) is 0 Å². The molecule has 1 aliphatic heterocycles. The maximum absolute atomic E-state index is 6.27. The van der Waals surface area contributed by atoms with E-state index in [0.29, 0.717) is 11.6 Å². The molecule has 0 spiro atoms. The molecule has 2 aromatic carbocycles. The third kappa shape index (κ3) is 3.09. The van der Waals surface area contributed by atoms with Crippen LogP contribution in [0.15, 0.2) is 57.4 Å². The summed E-state index contributed by atoms with van der Waals surface area (Å²) < 4.78 is 17.5. The smallest absolute Gasteiger partial charge is 0.231 e. The molecule has 0 unspecified atom stereocenters. The van der Waals surface area contributed by atoms with Crippen molar-refractivity contribution in [1.82, 2.24) is 0 Å². The highest BCUT2D eigenvalue weighted by Gasteiger charge is 2.13. The summed E-state index contributed by atoms with van der Waals surface area (Å²) in [6.07, 6.45) is 0. The number of hydrogen-bond acceptors (Lipinski definition) is 4. The van der Waals surface area contributed by atoms with E-state index in [0.717, 1.165) is 38.7 Å². The lowest BCUT2D eigenvalue weighted by atomic mass is 10.2. The molecule has 0 aliphatic carbocycles. The van der Waals surface area contributed by atoms with E-state index in [1.807, 2.05) is 48.5 Å². The number of ether oxygens (including phenoxy) is 2. The number of hydrogen-bond donors (Lipinski definition) is 1. The minimum Gasteiger partial charge on any atom is -0.459 e. The van der Waals surface area contributed by atoms with E-state index in [1.165, 1.54) is 0 Å². The second kappa shape index (κ2) is 6.42. The minimum absolute atomic E-state index is 0.272. The first-order valence-electron chi connectivity index (χ1n) is 7.37. The molecule has 0 fully saturated rings. The summed E-state index contributed by atoms with van der Waals surface area (Å²) >= 11 is 9.67. The second-order valence-corrected chi connectivity index (χ2v) is 6.63. The van der Waals surface area contributed by atoms with Crippen molar-refractivity contribution in [3.63, 3.8) is 0 Å². The van der Waals surface area contributed by atoms with E-state index in [-0.39, 0.29) is 6.79 Å². The molecule has 0 saturated heterocycles. The van der Waals surface area contributed by atoms with Crippen molar-refractivity contribution in [1.29, 1.82) is 0 Å². The van der Waals surface area contributed by atoms with Crippen molar-refractivity contribution in [2.24, 2.45) is 0 Å². The van der Waals surface area contributed by atoms with Crippen LogP contribution < -0.4 is 14.8 Å². The van der Waals surface area contributed by atoms with Gasteiger partial charge in [0.2, 0.25) is 6.79 Å². The molecular weight excluding hydrogens is 394 g/mol. The van der Waals surface area contributed by atoms with Crippen molar-refractivity contribution >= 4 is 33.2 Å². The zero-order valence-corrected chi connectivity index (χ0v) is 14.9. The second-order valence-electron chi connectivity index (χ2n) is 5.31. The first-order valence-corrected chi connectivity index (χ1v) is 8.54. The standard InChI is InChI=1S/C18H13BrClNO3/c19-11-1-4-14(15(20)7-11)16-6-3-13(24-16)9-21-12-2-5-17-18(8-12)23-10-22-17/h1-8,21H,9-10H2. The molecule has 122 valence electrons. The molecule has 1 aromatic heterocycles. The maximum Gasteiger partial charge on any atom is 0.231 e. The highest BCUT2D eigenvalue weighted by Crippen LogP contribution is 2.35. The van der Waals surface area contributed by atoms with Gasteiger partial charge in [-0.15, -0.1) is 0 Å². The van der Waals surface area contributed by atoms with Crippen LogP contribution >= 0.6 is 27.5 Å². The number of anilines is 1. The van der Waals surface area contributed by atoms with E-state index in [4.69, 9.17) is 25.5 Å². The number of benzene rings is 2. The van der Waals surface area contributed by atoms with E-state index < -0.39 is 0 Å². The van der Waals surface area contributed by atoms with Crippen LogP contribution in [0.5, 0.6) is 11.5 Å². The monoisotopic (exact) mass is 405 g/mol. The van der Waals surface area contributed by atoms with Crippen molar-refractivity contribution in [3.05, 3.63) is 63.8 Å². The predicted octanol–water partition coefficient (Wildman–Crippen LogP) is 5.70. The third-order valence-electron chi connectivity index (χ3n) is 3.70. The zero-order valence-electron chi connectivity index (χ0n) is 12.5. The van der Waals surface area contributed by atoms with Crippen LogP contribution in [0.2, 0.25) is 5.02 Å². The molecule has 0 saturated carbocycles. The Morgan fingerprint density at radius 2 is 1.88 bits per heavy atom. The largest absolute Gasteiger partial charge is 0.459 e. The zero-order chi connectivity index (χ0) is 16.5. The molecule has 0 bridgehead atoms. The topological polar surface area (TPSA) is 43.6 Å². The highest BCUT2D eigenvalue weighted by molar-refractivity contribution is 9.10. The van der Waals surface area contributed by atoms with Crippen LogP contribution in [0.3, 0.4) is 0 Å². The lowest BCUT2D eigenvalue weighted by molar-refractivity contribution is 0.174. The van der Waals surface area contributed by atoms with Crippen LogP contribution in [0.4, 0.5) is 5.69 Å². The summed E-state index contributed by atoms with van der Waals surface area (Å²) in [6.45, 7) is 0.835. The van der Waals surface area contributed by atoms with Crippen LogP contribution in [0.25, 0.3) is 11.3 Å². The Morgan fingerprint density at radius 3 is 2.75 bits per heavy atom. The van der Waals surface area contributed by atoms with E-state index in [1.54, 1.807) is 0 Å². The Bertz CT molecular complexity index is 894. The minimum atomic E-state index is 0.272. The summed E-state index contributed by atoms with van der Waals surface area (Å²) in [5.41, 5.74) is 1.81. The lowest BCUT2D eigenvalue weighted by Gasteiger charge is -2.06. The fourth-order valence-electron chi connectivity index (χ4n) is 2.50. The summed E-state index contributed by atoms with van der Waals surface area (Å²) in [7, 11) is 0. The van der Waals surface area contributed by atoms with Gasteiger partial charge in [-0.3, -0.25) is 0 Å². The first-order chi connectivity index (χ1) is 11.7. The third-order valence-corrected chi connectivity index (χ3v) is 4.50. The number of fused-ring (bicyclic) bond motifs is 1. The van der Waals surface area contributed by atoms with Gasteiger partial charge in [0.05, 0.1) is 11.6 Å². The molecule has 24 heavy (non-hydrogen) atoms. The average molecular weight is 407 g/mol. The van der Waals surface area contributed by atoms with Crippen LogP contribution in [-0.4, -0.2) is 6.79 Å². The van der Waals surface area contributed by atoms with E-state index in [2.05, 4.69) is 21.2 Å². The Hall–Kier alpha value is -2.11. The number of nitrogens with one attached hydrogen (secondary N) is 1. The molecule has 4 rings (SSSR count). The van der Waals surface area contributed by atoms with Crippen LogP contribution in [0, 0.1) is 0 Å². The molecule has 0 atom stereocenters. The average Bonchev–Trinajstić information content (AvgIpc) is 3.21. The molecule has 4 nitrogen and oxygen atoms in total. The Balaban J connectivity index is 1.47. The van der Waals surface area contributed by atoms with Crippen molar-refractivity contribution < 1.29 is 13.9 Å². The summed E-state index contributed by atoms with van der Waals surface area (Å²) in [6, 6.07) is 15.3.